The Labute approximate surface area is 173 Å². The molecule has 0 unspecified atom stereocenters. The molecule has 2 atom stereocenters. The van der Waals surface area contributed by atoms with Gasteiger partial charge in [-0.2, -0.15) is 0 Å². The van der Waals surface area contributed by atoms with E-state index in [2.05, 4.69) is 36.4 Å². The Morgan fingerprint density at radius 2 is 1.31 bits per heavy atom. The summed E-state index contributed by atoms with van der Waals surface area (Å²) in [5, 5.41) is 0. The van der Waals surface area contributed by atoms with Crippen molar-refractivity contribution in [1.29, 1.82) is 0 Å². The van der Waals surface area contributed by atoms with Crippen molar-refractivity contribution < 1.29 is 18.9 Å². The highest BCUT2D eigenvalue weighted by Crippen LogP contribution is 2.37. The average molecular weight is 395 g/mol. The highest BCUT2D eigenvalue weighted by molar-refractivity contribution is 5.14. The van der Waals surface area contributed by atoms with Crippen LogP contribution in [0.3, 0.4) is 0 Å². The van der Waals surface area contributed by atoms with Gasteiger partial charge in [0, 0.05) is 6.42 Å². The second-order valence-corrected chi connectivity index (χ2v) is 7.77. The lowest BCUT2D eigenvalue weighted by atomic mass is 10.1. The van der Waals surface area contributed by atoms with Gasteiger partial charge in [0.1, 0.15) is 12.2 Å². The van der Waals surface area contributed by atoms with Gasteiger partial charge in [0.25, 0.3) is 0 Å². The molecule has 2 aromatic rings. The predicted molar refractivity (Wildman–Crippen MR) is 112 cm³/mol. The fourth-order valence-electron chi connectivity index (χ4n) is 3.89. The van der Waals surface area contributed by atoms with Crippen molar-refractivity contribution in [1.82, 2.24) is 0 Å². The van der Waals surface area contributed by atoms with Crippen LogP contribution >= 0.6 is 0 Å². The number of allylic oxidation sites excluding steroid dienone is 1. The standard InChI is InChI=1S/C25H30O4/c1-2-10-16-25(15-9-1)28-23(19-26-17-21-11-5-3-6-12-21)24(29-25)20-27-18-22-13-7-4-8-14-22/h3-9,11-15,23-24H,1-2,10,16-20H2/t23-,24-/m0/s1. The van der Waals surface area contributed by atoms with E-state index in [1.165, 1.54) is 6.42 Å². The van der Waals surface area contributed by atoms with Gasteiger partial charge in [-0.05, 0) is 36.5 Å². The number of hydrogen-bond acceptors (Lipinski definition) is 4. The van der Waals surface area contributed by atoms with Gasteiger partial charge >= 0.3 is 0 Å². The van der Waals surface area contributed by atoms with Crippen LogP contribution in [0.5, 0.6) is 0 Å². The average Bonchev–Trinajstić information content (AvgIpc) is 2.93. The lowest BCUT2D eigenvalue weighted by molar-refractivity contribution is -0.150. The molecule has 4 nitrogen and oxygen atoms in total. The van der Waals surface area contributed by atoms with E-state index in [0.29, 0.717) is 26.4 Å². The fourth-order valence-corrected chi connectivity index (χ4v) is 3.89. The van der Waals surface area contributed by atoms with E-state index in [1.807, 2.05) is 36.4 Å². The van der Waals surface area contributed by atoms with Gasteiger partial charge in [0.15, 0.2) is 5.79 Å². The summed E-state index contributed by atoms with van der Waals surface area (Å²) in [4.78, 5) is 0. The zero-order chi connectivity index (χ0) is 19.8. The van der Waals surface area contributed by atoms with Crippen LogP contribution in [0.1, 0.15) is 36.8 Å². The molecule has 4 rings (SSSR count). The first-order valence-electron chi connectivity index (χ1n) is 10.6. The Morgan fingerprint density at radius 1 is 0.759 bits per heavy atom. The number of benzene rings is 2. The maximum atomic E-state index is 6.41. The molecule has 29 heavy (non-hydrogen) atoms. The summed E-state index contributed by atoms with van der Waals surface area (Å²) in [6.45, 7) is 2.12. The van der Waals surface area contributed by atoms with Crippen molar-refractivity contribution in [3.63, 3.8) is 0 Å². The van der Waals surface area contributed by atoms with Crippen LogP contribution in [0.2, 0.25) is 0 Å². The third-order valence-electron chi connectivity index (χ3n) is 5.42. The van der Waals surface area contributed by atoms with E-state index < -0.39 is 5.79 Å². The minimum absolute atomic E-state index is 0.141. The van der Waals surface area contributed by atoms with E-state index >= 15 is 0 Å². The summed E-state index contributed by atoms with van der Waals surface area (Å²) in [7, 11) is 0. The molecule has 0 N–H and O–H groups in total. The van der Waals surface area contributed by atoms with Crippen LogP contribution in [-0.4, -0.2) is 31.2 Å². The molecule has 1 heterocycles. The second kappa shape index (κ2) is 10.2. The van der Waals surface area contributed by atoms with Crippen molar-refractivity contribution in [2.24, 2.45) is 0 Å². The summed E-state index contributed by atoms with van der Waals surface area (Å²) in [5.41, 5.74) is 2.32. The van der Waals surface area contributed by atoms with Gasteiger partial charge in [0.2, 0.25) is 0 Å². The number of hydrogen-bond donors (Lipinski definition) is 0. The lowest BCUT2D eigenvalue weighted by Crippen LogP contribution is -2.31. The van der Waals surface area contributed by atoms with Crippen LogP contribution in [0.4, 0.5) is 0 Å². The van der Waals surface area contributed by atoms with E-state index in [0.717, 1.165) is 30.4 Å². The fraction of sp³-hybridized carbons (Fsp3) is 0.440. The molecule has 2 aromatic carbocycles. The minimum Gasteiger partial charge on any atom is -0.374 e. The van der Waals surface area contributed by atoms with Gasteiger partial charge in [-0.3, -0.25) is 0 Å². The highest BCUT2D eigenvalue weighted by atomic mass is 16.8. The molecular formula is C25H30O4. The minimum atomic E-state index is -0.627. The van der Waals surface area contributed by atoms with Crippen molar-refractivity contribution in [2.45, 2.75) is 56.9 Å². The van der Waals surface area contributed by atoms with Gasteiger partial charge in [0.05, 0.1) is 26.4 Å². The maximum absolute atomic E-state index is 6.41. The lowest BCUT2D eigenvalue weighted by Gasteiger charge is -2.23. The quantitative estimate of drug-likeness (QED) is 0.589. The normalized spacial score (nSPS) is 23.3. The molecule has 4 heteroatoms. The summed E-state index contributed by atoms with van der Waals surface area (Å²) in [6, 6.07) is 20.4. The van der Waals surface area contributed by atoms with E-state index in [-0.39, 0.29) is 12.2 Å². The van der Waals surface area contributed by atoms with Crippen molar-refractivity contribution in [3.8, 4) is 0 Å². The van der Waals surface area contributed by atoms with Crippen molar-refractivity contribution in [2.75, 3.05) is 13.2 Å². The largest absolute Gasteiger partial charge is 0.374 e. The summed E-state index contributed by atoms with van der Waals surface area (Å²) >= 11 is 0. The molecule has 0 amide bonds. The first kappa shape index (κ1) is 20.3. The molecule has 1 aliphatic heterocycles. The zero-order valence-electron chi connectivity index (χ0n) is 16.9. The molecule has 0 bridgehead atoms. The Kier molecular flexibility index (Phi) is 7.12. The van der Waals surface area contributed by atoms with Crippen LogP contribution in [0.25, 0.3) is 0 Å². The van der Waals surface area contributed by atoms with Crippen LogP contribution < -0.4 is 0 Å². The summed E-state index contributed by atoms with van der Waals surface area (Å²) < 4.78 is 24.8. The highest BCUT2D eigenvalue weighted by Gasteiger charge is 2.46. The van der Waals surface area contributed by atoms with E-state index in [9.17, 15) is 0 Å². The van der Waals surface area contributed by atoms with Gasteiger partial charge in [-0.1, -0.05) is 66.7 Å². The summed E-state index contributed by atoms with van der Waals surface area (Å²) in [5.74, 6) is -0.627. The molecule has 1 aliphatic carbocycles. The molecule has 154 valence electrons. The van der Waals surface area contributed by atoms with Crippen molar-refractivity contribution >= 4 is 0 Å². The monoisotopic (exact) mass is 394 g/mol. The Morgan fingerprint density at radius 3 is 1.86 bits per heavy atom. The van der Waals surface area contributed by atoms with Gasteiger partial charge < -0.3 is 18.9 Å². The molecule has 1 fully saturated rings. The van der Waals surface area contributed by atoms with Crippen LogP contribution in [0.15, 0.2) is 72.8 Å². The Bertz CT molecular complexity index is 705. The summed E-state index contributed by atoms with van der Waals surface area (Å²) in [6.07, 6.45) is 8.24. The molecule has 2 aliphatic rings. The first-order chi connectivity index (χ1) is 14.3. The first-order valence-corrected chi connectivity index (χ1v) is 10.6. The topological polar surface area (TPSA) is 36.9 Å². The Balaban J connectivity index is 1.35. The molecule has 0 saturated carbocycles. The zero-order valence-corrected chi connectivity index (χ0v) is 16.9. The Hall–Kier alpha value is -1.98. The van der Waals surface area contributed by atoms with Crippen LogP contribution in [0, 0.1) is 0 Å². The molecular weight excluding hydrogens is 364 g/mol. The van der Waals surface area contributed by atoms with Crippen LogP contribution in [-0.2, 0) is 32.2 Å². The SMILES string of the molecule is C1=CC2(CCCC1)O[C@@H](COCc1ccccc1)[C@H](COCc1ccccc1)O2. The molecule has 1 saturated heterocycles. The maximum Gasteiger partial charge on any atom is 0.188 e. The number of rotatable bonds is 8. The smallest absolute Gasteiger partial charge is 0.188 e. The predicted octanol–water partition coefficient (Wildman–Crippen LogP) is 5.03. The molecule has 1 spiro atoms. The van der Waals surface area contributed by atoms with E-state index in [4.69, 9.17) is 18.9 Å². The molecule has 0 radical (unpaired) electrons. The third kappa shape index (κ3) is 5.77. The second-order valence-electron chi connectivity index (χ2n) is 7.77. The van der Waals surface area contributed by atoms with E-state index in [1.54, 1.807) is 0 Å². The third-order valence-corrected chi connectivity index (χ3v) is 5.42. The number of ether oxygens (including phenoxy) is 4. The molecule has 0 aromatic heterocycles. The van der Waals surface area contributed by atoms with Gasteiger partial charge in [-0.25, -0.2) is 0 Å². The van der Waals surface area contributed by atoms with Crippen molar-refractivity contribution in [3.05, 3.63) is 83.9 Å². The van der Waals surface area contributed by atoms with Gasteiger partial charge in [-0.15, -0.1) is 0 Å².